The van der Waals surface area contributed by atoms with Gasteiger partial charge in [-0.05, 0) is 53.9 Å². The van der Waals surface area contributed by atoms with Crippen LogP contribution in [0.3, 0.4) is 0 Å². The second kappa shape index (κ2) is 12.0. The molecule has 1 fully saturated rings. The van der Waals surface area contributed by atoms with Crippen molar-refractivity contribution in [2.24, 2.45) is 4.99 Å². The molecule has 1 atom stereocenters. The monoisotopic (exact) mass is 532 g/mol. The maximum absolute atomic E-state index is 12.4. The van der Waals surface area contributed by atoms with Gasteiger partial charge in [0.05, 0.1) is 12.3 Å². The molecule has 2 N–H and O–H groups in total. The van der Waals surface area contributed by atoms with Crippen LogP contribution in [0.25, 0.3) is 0 Å². The second-order valence-corrected chi connectivity index (χ2v) is 10.4. The van der Waals surface area contributed by atoms with Gasteiger partial charge in [0.1, 0.15) is 15.4 Å². The molecule has 0 radical (unpaired) electrons. The third-order valence-electron chi connectivity index (χ3n) is 3.88. The minimum Gasteiger partial charge on any atom is -0.444 e. The molecule has 0 aliphatic heterocycles. The number of hydrogen-bond acceptors (Lipinski definition) is 5. The third kappa shape index (κ3) is 12.6. The number of aliphatic imine (C=N–C) groups is 1. The lowest BCUT2D eigenvalue weighted by Gasteiger charge is -2.27. The third-order valence-corrected chi connectivity index (χ3v) is 4.85. The molecule has 1 aliphatic rings. The maximum atomic E-state index is 12.4. The molecule has 166 valence electrons. The highest BCUT2D eigenvalue weighted by Gasteiger charge is 2.34. The average Bonchev–Trinajstić information content (AvgIpc) is 3.31. The van der Waals surface area contributed by atoms with Gasteiger partial charge in [-0.1, -0.05) is 0 Å². The summed E-state index contributed by atoms with van der Waals surface area (Å²) in [6.07, 6.45) is 3.46. The number of amides is 1. The highest BCUT2D eigenvalue weighted by Crippen LogP contribution is 2.28. The summed E-state index contributed by atoms with van der Waals surface area (Å²) in [7, 11) is -2.98. The van der Waals surface area contributed by atoms with E-state index in [1.165, 1.54) is 6.26 Å². The van der Waals surface area contributed by atoms with Crippen molar-refractivity contribution >= 4 is 45.9 Å². The zero-order chi connectivity index (χ0) is 20.7. The number of halogens is 1. The van der Waals surface area contributed by atoms with E-state index in [9.17, 15) is 13.2 Å². The Morgan fingerprint density at radius 3 is 2.39 bits per heavy atom. The molecule has 1 unspecified atom stereocenters. The Labute approximate surface area is 187 Å². The number of nitrogens with one attached hydrogen (secondary N) is 2. The second-order valence-electron chi connectivity index (χ2n) is 8.13. The SMILES string of the molecule is CCNC(=NCCN(C(=O)OC(C)(C)C)C1CC1)NC(C)CCS(C)(=O)=O.I. The quantitative estimate of drug-likeness (QED) is 0.269. The van der Waals surface area contributed by atoms with Crippen LogP contribution in [0.1, 0.15) is 53.9 Å². The minimum atomic E-state index is -2.98. The summed E-state index contributed by atoms with van der Waals surface area (Å²) in [6, 6.07) is 0.224. The van der Waals surface area contributed by atoms with Crippen molar-refractivity contribution in [1.29, 1.82) is 0 Å². The highest BCUT2D eigenvalue weighted by atomic mass is 127. The summed E-state index contributed by atoms with van der Waals surface area (Å²) in [5.41, 5.74) is -0.515. The van der Waals surface area contributed by atoms with Crippen LogP contribution in [0.4, 0.5) is 4.79 Å². The largest absolute Gasteiger partial charge is 0.444 e. The molecule has 8 nitrogen and oxygen atoms in total. The van der Waals surface area contributed by atoms with Gasteiger partial charge in [0, 0.05) is 31.4 Å². The molecule has 10 heteroatoms. The molecule has 0 bridgehead atoms. The summed E-state index contributed by atoms with van der Waals surface area (Å²) in [4.78, 5) is 18.6. The van der Waals surface area contributed by atoms with Crippen LogP contribution in [-0.4, -0.2) is 74.7 Å². The molecule has 1 saturated carbocycles. The van der Waals surface area contributed by atoms with Gasteiger partial charge < -0.3 is 20.3 Å². The molecule has 0 spiro atoms. The Morgan fingerprint density at radius 1 is 1.32 bits per heavy atom. The number of guanidine groups is 1. The summed E-state index contributed by atoms with van der Waals surface area (Å²) in [6.45, 7) is 11.1. The molecule has 0 aromatic heterocycles. The Balaban J connectivity index is 0.00000729. The molecule has 1 aliphatic carbocycles. The predicted octanol–water partition coefficient (Wildman–Crippen LogP) is 2.38. The number of carbonyl (C=O) groups is 1. The predicted molar refractivity (Wildman–Crippen MR) is 124 cm³/mol. The van der Waals surface area contributed by atoms with Crippen molar-refractivity contribution in [2.75, 3.05) is 31.6 Å². The fraction of sp³-hybridized carbons (Fsp3) is 0.889. The van der Waals surface area contributed by atoms with Crippen LogP contribution >= 0.6 is 24.0 Å². The van der Waals surface area contributed by atoms with Crippen LogP contribution in [0.15, 0.2) is 4.99 Å². The van der Waals surface area contributed by atoms with E-state index >= 15 is 0 Å². The van der Waals surface area contributed by atoms with Gasteiger partial charge in [0.15, 0.2) is 5.96 Å². The number of sulfone groups is 1. The van der Waals surface area contributed by atoms with Gasteiger partial charge in [-0.3, -0.25) is 4.99 Å². The Bertz CT molecular complexity index is 616. The van der Waals surface area contributed by atoms with Crippen molar-refractivity contribution in [2.45, 2.75) is 71.6 Å². The molecule has 28 heavy (non-hydrogen) atoms. The van der Waals surface area contributed by atoms with E-state index in [1.807, 2.05) is 34.6 Å². The van der Waals surface area contributed by atoms with E-state index in [0.29, 0.717) is 32.0 Å². The fourth-order valence-corrected chi connectivity index (χ4v) is 3.20. The molecule has 0 aromatic carbocycles. The maximum Gasteiger partial charge on any atom is 0.410 e. The van der Waals surface area contributed by atoms with E-state index in [0.717, 1.165) is 12.8 Å². The first-order valence-corrected chi connectivity index (χ1v) is 11.7. The molecule has 1 rings (SSSR count). The first-order valence-electron chi connectivity index (χ1n) is 9.63. The van der Waals surface area contributed by atoms with Crippen LogP contribution in [0, 0.1) is 0 Å². The number of rotatable bonds is 9. The Morgan fingerprint density at radius 2 is 1.93 bits per heavy atom. The summed E-state index contributed by atoms with van der Waals surface area (Å²) in [5, 5.41) is 6.37. The van der Waals surface area contributed by atoms with Crippen molar-refractivity contribution in [3.63, 3.8) is 0 Å². The van der Waals surface area contributed by atoms with E-state index in [1.54, 1.807) is 4.90 Å². The standard InChI is InChI=1S/C18H36N4O4S.HI/c1-7-19-16(21-14(2)10-13-27(6,24)25)20-11-12-22(15-8-9-15)17(23)26-18(3,4)5;/h14-15H,7-13H2,1-6H3,(H2,19,20,21);1H. The van der Waals surface area contributed by atoms with Gasteiger partial charge in [-0.2, -0.15) is 0 Å². The Hall–Kier alpha value is -0.780. The van der Waals surface area contributed by atoms with Crippen LogP contribution in [-0.2, 0) is 14.6 Å². The number of ether oxygens (including phenoxy) is 1. The normalized spacial score (nSPS) is 16.0. The summed E-state index contributed by atoms with van der Waals surface area (Å²) >= 11 is 0. The van der Waals surface area contributed by atoms with Gasteiger partial charge in [-0.15, -0.1) is 24.0 Å². The van der Waals surface area contributed by atoms with Crippen LogP contribution < -0.4 is 10.6 Å². The topological polar surface area (TPSA) is 100 Å². The zero-order valence-electron chi connectivity index (χ0n) is 17.9. The molecule has 0 heterocycles. The zero-order valence-corrected chi connectivity index (χ0v) is 21.1. The molecular weight excluding hydrogens is 495 g/mol. The summed E-state index contributed by atoms with van der Waals surface area (Å²) < 4.78 is 28.1. The van der Waals surface area contributed by atoms with E-state index in [4.69, 9.17) is 4.74 Å². The van der Waals surface area contributed by atoms with Crippen molar-refractivity contribution in [1.82, 2.24) is 15.5 Å². The smallest absolute Gasteiger partial charge is 0.410 e. The number of hydrogen-bond donors (Lipinski definition) is 2. The fourth-order valence-electron chi connectivity index (χ4n) is 2.42. The van der Waals surface area contributed by atoms with Crippen LogP contribution in [0.5, 0.6) is 0 Å². The molecule has 1 amide bonds. The number of carbonyl (C=O) groups excluding carboxylic acids is 1. The molecule has 0 saturated heterocycles. The highest BCUT2D eigenvalue weighted by molar-refractivity contribution is 14.0. The lowest BCUT2D eigenvalue weighted by Crippen LogP contribution is -2.44. The molecule has 0 aromatic rings. The number of nitrogens with zero attached hydrogens (tertiary/aromatic N) is 2. The van der Waals surface area contributed by atoms with Gasteiger partial charge >= 0.3 is 6.09 Å². The molecular formula is C18H37IN4O4S. The van der Waals surface area contributed by atoms with E-state index in [2.05, 4.69) is 15.6 Å². The first-order chi connectivity index (χ1) is 12.4. The van der Waals surface area contributed by atoms with E-state index < -0.39 is 15.4 Å². The van der Waals surface area contributed by atoms with Crippen molar-refractivity contribution < 1.29 is 17.9 Å². The Kier molecular flexibility index (Phi) is 11.7. The lowest BCUT2D eigenvalue weighted by molar-refractivity contribution is 0.0240. The van der Waals surface area contributed by atoms with Gasteiger partial charge in [0.2, 0.25) is 0 Å². The van der Waals surface area contributed by atoms with Gasteiger partial charge in [-0.25, -0.2) is 13.2 Å². The van der Waals surface area contributed by atoms with Crippen molar-refractivity contribution in [3.05, 3.63) is 0 Å². The van der Waals surface area contributed by atoms with Gasteiger partial charge in [0.25, 0.3) is 0 Å². The van der Waals surface area contributed by atoms with Crippen molar-refractivity contribution in [3.8, 4) is 0 Å². The van der Waals surface area contributed by atoms with E-state index in [-0.39, 0.29) is 47.9 Å². The lowest BCUT2D eigenvalue weighted by atomic mass is 10.2. The van der Waals surface area contributed by atoms with Crippen LogP contribution in [0.2, 0.25) is 0 Å². The average molecular weight is 532 g/mol. The summed E-state index contributed by atoms with van der Waals surface area (Å²) in [5.74, 6) is 0.757. The first kappa shape index (κ1) is 27.2. The minimum absolute atomic E-state index is 0.